The van der Waals surface area contributed by atoms with E-state index in [0.717, 1.165) is 33.4 Å². The van der Waals surface area contributed by atoms with Crippen LogP contribution in [0.15, 0.2) is 109 Å². The van der Waals surface area contributed by atoms with Gasteiger partial charge >= 0.3 is 11.9 Å². The number of rotatable bonds is 21. The van der Waals surface area contributed by atoms with Crippen molar-refractivity contribution in [3.63, 3.8) is 0 Å². The molecule has 0 aliphatic carbocycles. The predicted octanol–water partition coefficient (Wildman–Crippen LogP) is 3.46. The van der Waals surface area contributed by atoms with E-state index in [1.54, 1.807) is 34.1 Å². The van der Waals surface area contributed by atoms with Crippen LogP contribution in [0.5, 0.6) is 0 Å². The van der Waals surface area contributed by atoms with Crippen LogP contribution in [0.4, 0.5) is 0 Å². The van der Waals surface area contributed by atoms with Gasteiger partial charge in [-0.2, -0.15) is 0 Å². The zero-order valence-electron chi connectivity index (χ0n) is 42.8. The fraction of sp³-hybridized carbons (Fsp3) is 0.448. The fourth-order valence-electron chi connectivity index (χ4n) is 11.4. The Kier molecular flexibility index (Phi) is 18.3. The van der Waals surface area contributed by atoms with Crippen molar-refractivity contribution in [1.29, 1.82) is 0 Å². The van der Waals surface area contributed by atoms with Crippen LogP contribution in [0.25, 0.3) is 11.1 Å². The highest BCUT2D eigenvalue weighted by atomic mass is 16.4. The molecule has 8 rings (SSSR count). The highest BCUT2D eigenvalue weighted by molar-refractivity contribution is 5.95. The number of hydrogen-bond acceptors (Lipinski definition) is 10. The van der Waals surface area contributed by atoms with Crippen molar-refractivity contribution in [1.82, 2.24) is 30.2 Å². The summed E-state index contributed by atoms with van der Waals surface area (Å²) >= 11 is 0. The summed E-state index contributed by atoms with van der Waals surface area (Å²) in [5.41, 5.74) is 18.4. The minimum Gasteiger partial charge on any atom is -0.480 e. The maximum absolute atomic E-state index is 14.0. The van der Waals surface area contributed by atoms with Crippen molar-refractivity contribution in [2.45, 2.75) is 138 Å². The van der Waals surface area contributed by atoms with E-state index in [0.29, 0.717) is 90.4 Å². The minimum atomic E-state index is -1.16. The number of nitrogens with one attached hydrogen (secondary N) is 2. The molecule has 76 heavy (non-hydrogen) atoms. The van der Waals surface area contributed by atoms with Crippen LogP contribution >= 0.6 is 0 Å². The molecule has 0 spiro atoms. The molecule has 0 bridgehead atoms. The van der Waals surface area contributed by atoms with Crippen LogP contribution in [-0.2, 0) is 64.0 Å². The monoisotopic (exact) mass is 1040 g/mol. The Labute approximate surface area is 443 Å². The topological polar surface area (TPSA) is 266 Å². The lowest BCUT2D eigenvalue weighted by Crippen LogP contribution is -2.55. The Hall–Kier alpha value is -7.44. The van der Waals surface area contributed by atoms with Crippen molar-refractivity contribution in [2.24, 2.45) is 11.5 Å². The molecule has 4 heterocycles. The van der Waals surface area contributed by atoms with E-state index in [2.05, 4.69) is 10.6 Å². The summed E-state index contributed by atoms with van der Waals surface area (Å²) in [5, 5.41) is 25.3. The average molecular weight is 1040 g/mol. The van der Waals surface area contributed by atoms with Crippen molar-refractivity contribution in [3.8, 4) is 11.1 Å². The van der Waals surface area contributed by atoms with Gasteiger partial charge in [0.15, 0.2) is 0 Å². The third kappa shape index (κ3) is 13.7. The number of benzene rings is 4. The smallest absolute Gasteiger partial charge is 0.326 e. The van der Waals surface area contributed by atoms with Gasteiger partial charge in [0.1, 0.15) is 30.2 Å². The Bertz CT molecular complexity index is 2730. The number of carboxylic acid groups (broad SMARTS) is 2. The summed E-state index contributed by atoms with van der Waals surface area (Å²) < 4.78 is 0. The summed E-state index contributed by atoms with van der Waals surface area (Å²) in [4.78, 5) is 112. The average Bonchev–Trinajstić information content (AvgIpc) is 4.27. The van der Waals surface area contributed by atoms with Gasteiger partial charge in [-0.25, -0.2) is 9.59 Å². The van der Waals surface area contributed by atoms with Crippen LogP contribution in [0.1, 0.15) is 86.5 Å². The summed E-state index contributed by atoms with van der Waals surface area (Å²) in [6.07, 6.45) is 5.14. The van der Waals surface area contributed by atoms with Gasteiger partial charge in [0.25, 0.3) is 0 Å². The largest absolute Gasteiger partial charge is 0.480 e. The number of nitrogens with two attached hydrogens (primary N) is 2. The van der Waals surface area contributed by atoms with E-state index >= 15 is 0 Å². The lowest BCUT2D eigenvalue weighted by Gasteiger charge is -2.32. The third-order valence-corrected chi connectivity index (χ3v) is 15.3. The van der Waals surface area contributed by atoms with Gasteiger partial charge in [-0.3, -0.25) is 28.8 Å². The first-order valence-corrected chi connectivity index (χ1v) is 26.7. The van der Waals surface area contributed by atoms with Gasteiger partial charge in [0.2, 0.25) is 35.4 Å². The highest BCUT2D eigenvalue weighted by Gasteiger charge is 2.44. The number of likely N-dealkylation sites (tertiary alicyclic amines) is 4. The van der Waals surface area contributed by atoms with Gasteiger partial charge in [0.05, 0.1) is 6.04 Å². The Balaban J connectivity index is 0.828. The first-order chi connectivity index (χ1) is 36.6. The van der Waals surface area contributed by atoms with E-state index < -0.39 is 72.1 Å². The van der Waals surface area contributed by atoms with Gasteiger partial charge in [-0.1, -0.05) is 109 Å². The molecule has 0 aromatic heterocycles. The maximum atomic E-state index is 14.0. The summed E-state index contributed by atoms with van der Waals surface area (Å²) in [6, 6.07) is 27.6. The second-order valence-corrected chi connectivity index (χ2v) is 20.8. The SMILES string of the molecule is NC(CC(=O)N1CCCC1C(=O)N1CCCC1C(=O)NC(Cc1ccccc1)C(=O)O)Cc1cccc(-c2ccc(CC(N)C(=O)NC(CC(=O)N3CCCC3C(=O)N3CCCC3C(=O)O)Cc3ccccc3)cc2)c1. The predicted molar refractivity (Wildman–Crippen MR) is 283 cm³/mol. The van der Waals surface area contributed by atoms with Crippen LogP contribution in [-0.4, -0.2) is 152 Å². The lowest BCUT2D eigenvalue weighted by molar-refractivity contribution is -0.151. The first-order valence-electron chi connectivity index (χ1n) is 26.7. The Morgan fingerprint density at radius 1 is 0.500 bits per heavy atom. The molecule has 4 aromatic carbocycles. The minimum absolute atomic E-state index is 0.0127. The quantitative estimate of drug-likeness (QED) is 0.0701. The molecule has 18 nitrogen and oxygen atoms in total. The zero-order chi connectivity index (χ0) is 53.9. The second kappa shape index (κ2) is 25.4. The molecule has 8 unspecified atom stereocenters. The molecule has 4 aliphatic rings. The lowest BCUT2D eigenvalue weighted by atomic mass is 9.96. The van der Waals surface area contributed by atoms with Crippen LogP contribution in [0.3, 0.4) is 0 Å². The molecule has 4 aromatic rings. The molecule has 4 saturated heterocycles. The first kappa shape index (κ1) is 54.8. The van der Waals surface area contributed by atoms with Gasteiger partial charge in [-0.15, -0.1) is 0 Å². The van der Waals surface area contributed by atoms with Crippen molar-refractivity contribution < 1.29 is 48.6 Å². The Morgan fingerprint density at radius 2 is 1.00 bits per heavy atom. The molecule has 0 radical (unpaired) electrons. The zero-order valence-corrected chi connectivity index (χ0v) is 42.8. The summed E-state index contributed by atoms with van der Waals surface area (Å²) in [5.74, 6) is -4.33. The standard InChI is InChI=1S/C58H70N8O10/c59-43(35-51(67)63-26-9-19-48(63)55(71)65-28-8-18-47(65)54(70)62-46(57(73)74)34-38-14-5-2-6-15-38)31-40-16-7-17-42(30-40)41-24-22-39(23-25-41)33-45(60)53(69)61-44(32-37-12-3-1-4-13-37)36-52(68)64-27-10-20-49(64)56(72)66-29-11-21-50(66)58(75)76/h1-7,12-17,22-25,30,43-50H,8-11,18-21,26-29,31-36,59-60H2,(H,61,69)(H,62,70)(H,73,74)(H,75,76). The summed E-state index contributed by atoms with van der Waals surface area (Å²) in [6.45, 7) is 1.44. The molecule has 8 N–H and O–H groups in total. The molecule has 4 fully saturated rings. The van der Waals surface area contributed by atoms with Crippen LogP contribution < -0.4 is 22.1 Å². The van der Waals surface area contributed by atoms with E-state index in [-0.39, 0.29) is 49.3 Å². The van der Waals surface area contributed by atoms with E-state index in [4.69, 9.17) is 11.5 Å². The number of aliphatic carboxylic acids is 2. The molecular formula is C58H70N8O10. The van der Waals surface area contributed by atoms with Gasteiger partial charge in [-0.05, 0) is 104 Å². The van der Waals surface area contributed by atoms with Gasteiger partial charge in [0, 0.05) is 57.5 Å². The van der Waals surface area contributed by atoms with Crippen molar-refractivity contribution >= 4 is 47.4 Å². The fourth-order valence-corrected chi connectivity index (χ4v) is 11.4. The van der Waals surface area contributed by atoms with E-state index in [1.807, 2.05) is 84.9 Å². The van der Waals surface area contributed by atoms with Crippen molar-refractivity contribution in [2.75, 3.05) is 26.2 Å². The Morgan fingerprint density at radius 3 is 1.58 bits per heavy atom. The van der Waals surface area contributed by atoms with E-state index in [1.165, 1.54) is 9.80 Å². The van der Waals surface area contributed by atoms with Crippen LogP contribution in [0, 0.1) is 0 Å². The summed E-state index contributed by atoms with van der Waals surface area (Å²) in [7, 11) is 0. The van der Waals surface area contributed by atoms with Gasteiger partial charge < -0.3 is 51.9 Å². The third-order valence-electron chi connectivity index (χ3n) is 15.3. The maximum Gasteiger partial charge on any atom is 0.326 e. The van der Waals surface area contributed by atoms with Crippen LogP contribution in [0.2, 0.25) is 0 Å². The molecule has 8 atom stereocenters. The molecular weight excluding hydrogens is 969 g/mol. The second-order valence-electron chi connectivity index (χ2n) is 20.8. The number of carbonyl (C=O) groups is 8. The molecule has 6 amide bonds. The molecule has 402 valence electrons. The normalized spacial score (nSPS) is 20.9. The number of hydrogen-bond donors (Lipinski definition) is 6. The number of nitrogens with zero attached hydrogens (tertiary/aromatic N) is 4. The number of amides is 6. The highest BCUT2D eigenvalue weighted by Crippen LogP contribution is 2.29. The van der Waals surface area contributed by atoms with E-state index in [9.17, 15) is 48.6 Å². The number of carboxylic acids is 2. The number of carbonyl (C=O) groups excluding carboxylic acids is 6. The molecule has 0 saturated carbocycles. The molecule has 18 heteroatoms. The molecule has 4 aliphatic heterocycles. The van der Waals surface area contributed by atoms with Crippen molar-refractivity contribution in [3.05, 3.63) is 131 Å².